The van der Waals surface area contributed by atoms with E-state index < -0.39 is 21.5 Å². The Kier molecular flexibility index (Phi) is 6.72. The van der Waals surface area contributed by atoms with E-state index in [1.54, 1.807) is 30.3 Å². The van der Waals surface area contributed by atoms with Crippen LogP contribution in [0.1, 0.15) is 13.8 Å². The van der Waals surface area contributed by atoms with Crippen molar-refractivity contribution in [3.63, 3.8) is 0 Å². The van der Waals surface area contributed by atoms with Crippen LogP contribution < -0.4 is 21.1 Å². The zero-order chi connectivity index (χ0) is 26.1. The molecule has 6 N–H and O–H groups in total. The van der Waals surface area contributed by atoms with E-state index in [1.807, 2.05) is 0 Å². The molecule has 0 unspecified atom stereocenters. The van der Waals surface area contributed by atoms with Gasteiger partial charge in [0.1, 0.15) is 5.75 Å². The second-order valence-electron chi connectivity index (χ2n) is 8.51. The largest absolute Gasteiger partial charge is 0.508 e. The molecule has 4 aromatic rings. The van der Waals surface area contributed by atoms with Crippen LogP contribution in [0.4, 0.5) is 23.0 Å². The third-order valence-electron chi connectivity index (χ3n) is 4.99. The standard InChI is InChI=1S/C24H23ClN6O4S/c1-24(2,26)23(33)27-14-6-5-7-16(12-14)36(34,35)31-22-21(28-18-8-3-4-9-19(18)29-22)30-20-13-15(32)10-11-17(20)25/h3-13,32H,26H2,1-2H3,(H,27,33)(H,28,30)(H,29,31). The Morgan fingerprint density at radius 1 is 0.972 bits per heavy atom. The fourth-order valence-corrected chi connectivity index (χ4v) is 4.33. The number of carbonyl (C=O) groups is 1. The number of anilines is 4. The summed E-state index contributed by atoms with van der Waals surface area (Å²) < 4.78 is 29.0. The lowest BCUT2D eigenvalue weighted by Gasteiger charge is -2.18. The van der Waals surface area contributed by atoms with E-state index in [4.69, 9.17) is 17.3 Å². The van der Waals surface area contributed by atoms with Crippen molar-refractivity contribution in [2.24, 2.45) is 5.73 Å². The third-order valence-corrected chi connectivity index (χ3v) is 6.66. The minimum atomic E-state index is -4.17. The molecule has 0 bridgehead atoms. The van der Waals surface area contributed by atoms with Crippen LogP contribution in [0.3, 0.4) is 0 Å². The number of phenolic OH excluding ortho intramolecular Hbond substituents is 1. The fraction of sp³-hybridized carbons (Fsp3) is 0.125. The molecule has 186 valence electrons. The third kappa shape index (κ3) is 5.65. The zero-order valence-electron chi connectivity index (χ0n) is 19.3. The Bertz CT molecular complexity index is 1570. The SMILES string of the molecule is CC(C)(N)C(=O)Nc1cccc(S(=O)(=O)Nc2nc3ccccc3nc2Nc2cc(O)ccc2Cl)c1. The van der Waals surface area contributed by atoms with Crippen LogP contribution in [-0.4, -0.2) is 34.9 Å². The van der Waals surface area contributed by atoms with Gasteiger partial charge in [0.05, 0.1) is 32.2 Å². The summed E-state index contributed by atoms with van der Waals surface area (Å²) in [4.78, 5) is 21.0. The summed E-state index contributed by atoms with van der Waals surface area (Å²) in [5.41, 5.74) is 6.18. The molecule has 0 radical (unpaired) electrons. The van der Waals surface area contributed by atoms with Gasteiger partial charge >= 0.3 is 0 Å². The Balaban J connectivity index is 1.72. The number of halogens is 1. The molecule has 1 aromatic heterocycles. The number of sulfonamides is 1. The number of hydrogen-bond acceptors (Lipinski definition) is 8. The van der Waals surface area contributed by atoms with E-state index >= 15 is 0 Å². The predicted molar refractivity (Wildman–Crippen MR) is 140 cm³/mol. The van der Waals surface area contributed by atoms with Gasteiger partial charge in [-0.05, 0) is 56.3 Å². The molecule has 0 aliphatic carbocycles. The molecule has 3 aromatic carbocycles. The number of hydrogen-bond donors (Lipinski definition) is 5. The molecule has 36 heavy (non-hydrogen) atoms. The van der Waals surface area contributed by atoms with Crippen LogP contribution in [0, 0.1) is 0 Å². The number of amides is 1. The van der Waals surface area contributed by atoms with E-state index in [0.717, 1.165) is 0 Å². The molecule has 4 rings (SSSR count). The summed E-state index contributed by atoms with van der Waals surface area (Å²) in [7, 11) is -4.17. The highest BCUT2D eigenvalue weighted by Crippen LogP contribution is 2.32. The van der Waals surface area contributed by atoms with E-state index in [2.05, 4.69) is 25.3 Å². The molecule has 0 aliphatic rings. The molecule has 0 atom stereocenters. The van der Waals surface area contributed by atoms with E-state index in [0.29, 0.717) is 16.7 Å². The first-order valence-corrected chi connectivity index (χ1v) is 12.5. The van der Waals surface area contributed by atoms with E-state index in [-0.39, 0.29) is 33.0 Å². The van der Waals surface area contributed by atoms with Gasteiger partial charge in [-0.25, -0.2) is 18.4 Å². The van der Waals surface area contributed by atoms with Crippen LogP contribution in [0.25, 0.3) is 11.0 Å². The average molecular weight is 527 g/mol. The number of phenols is 1. The van der Waals surface area contributed by atoms with Gasteiger partial charge < -0.3 is 21.5 Å². The lowest BCUT2D eigenvalue weighted by atomic mass is 10.1. The van der Waals surface area contributed by atoms with Gasteiger partial charge in [0.15, 0.2) is 11.6 Å². The number of carbonyl (C=O) groups excluding carboxylic acids is 1. The molecule has 1 amide bonds. The molecule has 10 nitrogen and oxygen atoms in total. The summed E-state index contributed by atoms with van der Waals surface area (Å²) in [5.74, 6) is -0.540. The van der Waals surface area contributed by atoms with Crippen molar-refractivity contribution in [1.82, 2.24) is 9.97 Å². The fourth-order valence-electron chi connectivity index (χ4n) is 3.11. The van der Waals surface area contributed by atoms with E-state index in [9.17, 15) is 18.3 Å². The monoisotopic (exact) mass is 526 g/mol. The van der Waals surface area contributed by atoms with Crippen LogP contribution in [0.5, 0.6) is 5.75 Å². The maximum absolute atomic E-state index is 13.3. The number of fused-ring (bicyclic) bond motifs is 1. The molecule has 0 fully saturated rings. The predicted octanol–water partition coefficient (Wildman–Crippen LogP) is 4.21. The highest BCUT2D eigenvalue weighted by molar-refractivity contribution is 7.92. The van der Waals surface area contributed by atoms with Gasteiger partial charge in [0.25, 0.3) is 10.0 Å². The molecule has 0 saturated heterocycles. The van der Waals surface area contributed by atoms with Gasteiger partial charge in [-0.15, -0.1) is 0 Å². The quantitative estimate of drug-likeness (QED) is 0.239. The smallest absolute Gasteiger partial charge is 0.263 e. The van der Waals surface area contributed by atoms with Crippen molar-refractivity contribution in [3.8, 4) is 5.75 Å². The van der Waals surface area contributed by atoms with Gasteiger partial charge in [-0.1, -0.05) is 29.8 Å². The van der Waals surface area contributed by atoms with Crippen LogP contribution in [0.15, 0.2) is 71.6 Å². The number of aromatic nitrogens is 2. The lowest BCUT2D eigenvalue weighted by Crippen LogP contribution is -2.45. The Morgan fingerprint density at radius 2 is 1.64 bits per heavy atom. The number of rotatable bonds is 7. The highest BCUT2D eigenvalue weighted by atomic mass is 35.5. The number of aromatic hydroxyl groups is 1. The lowest BCUT2D eigenvalue weighted by molar-refractivity contribution is -0.120. The minimum absolute atomic E-state index is 0.0442. The Morgan fingerprint density at radius 3 is 2.31 bits per heavy atom. The summed E-state index contributed by atoms with van der Waals surface area (Å²) in [6.07, 6.45) is 0. The maximum atomic E-state index is 13.3. The van der Waals surface area contributed by atoms with Gasteiger partial charge in [-0.3, -0.25) is 9.52 Å². The molecule has 12 heteroatoms. The topological polar surface area (TPSA) is 159 Å². The highest BCUT2D eigenvalue weighted by Gasteiger charge is 2.23. The van der Waals surface area contributed by atoms with Crippen LogP contribution in [-0.2, 0) is 14.8 Å². The van der Waals surface area contributed by atoms with Gasteiger partial charge in [-0.2, -0.15) is 0 Å². The second kappa shape index (κ2) is 9.61. The molecule has 0 saturated carbocycles. The number of nitrogens with one attached hydrogen (secondary N) is 3. The minimum Gasteiger partial charge on any atom is -0.508 e. The Hall–Kier alpha value is -3.93. The molecular formula is C24H23ClN6O4S. The first-order chi connectivity index (χ1) is 16.9. The normalized spacial score (nSPS) is 11.8. The van der Waals surface area contributed by atoms with Gasteiger partial charge in [0.2, 0.25) is 5.91 Å². The number of nitrogens with two attached hydrogens (primary N) is 1. The average Bonchev–Trinajstić information content (AvgIpc) is 2.81. The molecule has 1 heterocycles. The summed E-state index contributed by atoms with van der Waals surface area (Å²) in [5, 5.41) is 15.7. The first kappa shape index (κ1) is 25.2. The number of nitrogens with zero attached hydrogens (tertiary/aromatic N) is 2. The molecule has 0 aliphatic heterocycles. The van der Waals surface area contributed by atoms with Crippen molar-refractivity contribution < 1.29 is 18.3 Å². The molecular weight excluding hydrogens is 504 g/mol. The van der Waals surface area contributed by atoms with Gasteiger partial charge in [0, 0.05) is 11.8 Å². The van der Waals surface area contributed by atoms with Crippen LogP contribution >= 0.6 is 11.6 Å². The zero-order valence-corrected chi connectivity index (χ0v) is 20.9. The number of benzene rings is 3. The van der Waals surface area contributed by atoms with Crippen LogP contribution in [0.2, 0.25) is 5.02 Å². The van der Waals surface area contributed by atoms with Crippen molar-refractivity contribution in [2.75, 3.05) is 15.4 Å². The van der Waals surface area contributed by atoms with Crippen molar-refractivity contribution in [1.29, 1.82) is 0 Å². The Labute approximate surface area is 212 Å². The number of para-hydroxylation sites is 2. The summed E-state index contributed by atoms with van der Waals surface area (Å²) >= 11 is 6.23. The summed E-state index contributed by atoms with van der Waals surface area (Å²) in [6, 6.07) is 16.9. The van der Waals surface area contributed by atoms with Crippen molar-refractivity contribution in [3.05, 3.63) is 71.8 Å². The van der Waals surface area contributed by atoms with Crippen molar-refractivity contribution in [2.45, 2.75) is 24.3 Å². The maximum Gasteiger partial charge on any atom is 0.263 e. The van der Waals surface area contributed by atoms with Crippen molar-refractivity contribution >= 4 is 61.6 Å². The first-order valence-electron chi connectivity index (χ1n) is 10.7. The molecule has 0 spiro atoms. The van der Waals surface area contributed by atoms with E-state index in [1.165, 1.54) is 50.2 Å². The second-order valence-corrected chi connectivity index (χ2v) is 10.6. The summed E-state index contributed by atoms with van der Waals surface area (Å²) in [6.45, 7) is 3.08.